The van der Waals surface area contributed by atoms with Crippen molar-refractivity contribution in [3.63, 3.8) is 0 Å². The summed E-state index contributed by atoms with van der Waals surface area (Å²) in [5.41, 5.74) is 5.13. The number of hydrogen-bond acceptors (Lipinski definition) is 2. The number of H-pyrrole nitrogens is 1. The van der Waals surface area contributed by atoms with Crippen molar-refractivity contribution in [2.45, 2.75) is 0 Å². The summed E-state index contributed by atoms with van der Waals surface area (Å²) in [5, 5.41) is 1.46. The number of aromatic nitrogens is 1. The van der Waals surface area contributed by atoms with Crippen LogP contribution in [0.25, 0.3) is 33.3 Å². The fourth-order valence-electron chi connectivity index (χ4n) is 3.23. The number of halogens is 1. The molecule has 128 valence electrons. The first-order valence-electron chi connectivity index (χ1n) is 8.21. The van der Waals surface area contributed by atoms with Gasteiger partial charge in [-0.1, -0.05) is 48.0 Å². The maximum atomic E-state index is 11.9. The number of nitrogens with one attached hydrogen (secondary N) is 1. The van der Waals surface area contributed by atoms with Gasteiger partial charge < -0.3 is 9.72 Å². The van der Waals surface area contributed by atoms with Crippen molar-refractivity contribution < 1.29 is 9.53 Å². The molecule has 4 aromatic rings. The van der Waals surface area contributed by atoms with E-state index < -0.39 is 0 Å². The molecule has 1 heterocycles. The van der Waals surface area contributed by atoms with Crippen molar-refractivity contribution in [1.29, 1.82) is 0 Å². The number of methoxy groups -OCH3 is 1. The Hall–Kier alpha value is -3.04. The van der Waals surface area contributed by atoms with Crippen LogP contribution in [0, 0.1) is 0 Å². The van der Waals surface area contributed by atoms with Gasteiger partial charge in [-0.25, -0.2) is 0 Å². The molecule has 1 aromatic heterocycles. The summed E-state index contributed by atoms with van der Waals surface area (Å²) >= 11 is 6.17. The molecule has 26 heavy (non-hydrogen) atoms. The lowest BCUT2D eigenvalue weighted by Crippen LogP contribution is -1.91. The number of rotatable bonds is 4. The zero-order chi connectivity index (χ0) is 18.1. The Kier molecular flexibility index (Phi) is 4.23. The van der Waals surface area contributed by atoms with E-state index >= 15 is 0 Å². The number of carbonyl (C=O) groups is 1. The van der Waals surface area contributed by atoms with Crippen LogP contribution in [0.3, 0.4) is 0 Å². The van der Waals surface area contributed by atoms with Crippen molar-refractivity contribution in [2.75, 3.05) is 7.11 Å². The lowest BCUT2D eigenvalue weighted by Gasteiger charge is -2.08. The van der Waals surface area contributed by atoms with Crippen LogP contribution in [0.1, 0.15) is 10.4 Å². The van der Waals surface area contributed by atoms with Crippen molar-refractivity contribution in [3.05, 3.63) is 77.3 Å². The van der Waals surface area contributed by atoms with Crippen LogP contribution in [0.4, 0.5) is 0 Å². The zero-order valence-corrected chi connectivity index (χ0v) is 14.9. The summed E-state index contributed by atoms with van der Waals surface area (Å²) in [4.78, 5) is 15.3. The van der Waals surface area contributed by atoms with E-state index in [4.69, 9.17) is 16.3 Å². The average molecular weight is 362 g/mol. The van der Waals surface area contributed by atoms with E-state index in [0.717, 1.165) is 33.9 Å². The second kappa shape index (κ2) is 6.70. The van der Waals surface area contributed by atoms with Gasteiger partial charge in [0, 0.05) is 27.1 Å². The fourth-order valence-corrected chi connectivity index (χ4v) is 3.41. The summed E-state index contributed by atoms with van der Waals surface area (Å²) in [6.45, 7) is 0. The van der Waals surface area contributed by atoms with Crippen LogP contribution >= 0.6 is 11.6 Å². The average Bonchev–Trinajstić information content (AvgIpc) is 3.06. The smallest absolute Gasteiger partial charge is 0.152 e. The SMILES string of the molecule is COc1ccc(Cl)cc1-c1[nH]c2ccc(-c3ccccc3)cc2c1C=O. The van der Waals surface area contributed by atoms with Gasteiger partial charge in [0.25, 0.3) is 0 Å². The Labute approximate surface area is 156 Å². The first-order valence-corrected chi connectivity index (χ1v) is 8.59. The maximum absolute atomic E-state index is 11.9. The van der Waals surface area contributed by atoms with Crippen LogP contribution in [0.2, 0.25) is 5.02 Å². The van der Waals surface area contributed by atoms with E-state index in [2.05, 4.69) is 17.1 Å². The number of benzene rings is 3. The molecule has 0 aliphatic heterocycles. The molecule has 0 bridgehead atoms. The molecule has 0 spiro atoms. The predicted octanol–water partition coefficient (Wildman–Crippen LogP) is 5.98. The zero-order valence-electron chi connectivity index (χ0n) is 14.1. The molecule has 0 aliphatic rings. The molecule has 0 saturated carbocycles. The van der Waals surface area contributed by atoms with E-state index in [0.29, 0.717) is 22.0 Å². The summed E-state index contributed by atoms with van der Waals surface area (Å²) in [5.74, 6) is 0.660. The number of aromatic amines is 1. The summed E-state index contributed by atoms with van der Waals surface area (Å²) in [6.07, 6.45) is 0.878. The highest BCUT2D eigenvalue weighted by Gasteiger charge is 2.17. The Morgan fingerprint density at radius 2 is 1.77 bits per heavy atom. The molecule has 0 atom stereocenters. The highest BCUT2D eigenvalue weighted by molar-refractivity contribution is 6.31. The topological polar surface area (TPSA) is 42.1 Å². The molecule has 0 fully saturated rings. The van der Waals surface area contributed by atoms with E-state index in [1.54, 1.807) is 25.3 Å². The maximum Gasteiger partial charge on any atom is 0.152 e. The number of hydrogen-bond donors (Lipinski definition) is 1. The fraction of sp³-hybridized carbons (Fsp3) is 0.0455. The van der Waals surface area contributed by atoms with E-state index in [9.17, 15) is 4.79 Å². The molecule has 3 aromatic carbocycles. The minimum absolute atomic E-state index is 0.585. The first-order chi connectivity index (χ1) is 12.7. The third kappa shape index (κ3) is 2.76. The molecule has 0 amide bonds. The molecule has 4 rings (SSSR count). The van der Waals surface area contributed by atoms with Crippen molar-refractivity contribution in [3.8, 4) is 28.1 Å². The Bertz CT molecular complexity index is 1100. The van der Waals surface area contributed by atoms with Crippen LogP contribution in [-0.2, 0) is 0 Å². The third-order valence-corrected chi connectivity index (χ3v) is 4.73. The van der Waals surface area contributed by atoms with Crippen LogP contribution in [0.5, 0.6) is 5.75 Å². The van der Waals surface area contributed by atoms with Gasteiger partial charge in [0.2, 0.25) is 0 Å². The third-order valence-electron chi connectivity index (χ3n) is 4.49. The lowest BCUT2D eigenvalue weighted by molar-refractivity contribution is 0.112. The van der Waals surface area contributed by atoms with Crippen LogP contribution in [0.15, 0.2) is 66.7 Å². The summed E-state index contributed by atoms with van der Waals surface area (Å²) in [7, 11) is 1.60. The highest BCUT2D eigenvalue weighted by atomic mass is 35.5. The molecule has 4 heteroatoms. The standard InChI is InChI=1S/C22H16ClNO2/c1-26-21-10-8-16(23)12-18(21)22-19(13-25)17-11-15(7-9-20(17)24-22)14-5-3-2-4-6-14/h2-13,24H,1H3. The Balaban J connectivity index is 1.95. The number of ether oxygens (including phenoxy) is 1. The lowest BCUT2D eigenvalue weighted by atomic mass is 10.0. The molecule has 0 aliphatic carbocycles. The van der Waals surface area contributed by atoms with Gasteiger partial charge in [-0.3, -0.25) is 4.79 Å². The second-order valence-electron chi connectivity index (χ2n) is 6.00. The highest BCUT2D eigenvalue weighted by Crippen LogP contribution is 2.37. The molecule has 3 nitrogen and oxygen atoms in total. The van der Waals surface area contributed by atoms with E-state index in [-0.39, 0.29) is 0 Å². The molecule has 0 unspecified atom stereocenters. The van der Waals surface area contributed by atoms with Gasteiger partial charge in [-0.05, 0) is 41.5 Å². The Morgan fingerprint density at radius 1 is 0.962 bits per heavy atom. The van der Waals surface area contributed by atoms with E-state index in [1.807, 2.05) is 36.4 Å². The van der Waals surface area contributed by atoms with Gasteiger partial charge in [-0.15, -0.1) is 0 Å². The molecular formula is C22H16ClNO2. The monoisotopic (exact) mass is 361 g/mol. The van der Waals surface area contributed by atoms with Crippen molar-refractivity contribution in [1.82, 2.24) is 4.98 Å². The van der Waals surface area contributed by atoms with Gasteiger partial charge in [-0.2, -0.15) is 0 Å². The second-order valence-corrected chi connectivity index (χ2v) is 6.44. The van der Waals surface area contributed by atoms with Crippen molar-refractivity contribution >= 4 is 28.8 Å². The molecule has 0 saturated heterocycles. The summed E-state index contributed by atoms with van der Waals surface area (Å²) < 4.78 is 5.45. The molecular weight excluding hydrogens is 346 g/mol. The van der Waals surface area contributed by atoms with Gasteiger partial charge in [0.1, 0.15) is 5.75 Å². The molecule has 1 N–H and O–H groups in total. The number of carbonyl (C=O) groups excluding carboxylic acids is 1. The van der Waals surface area contributed by atoms with Gasteiger partial charge >= 0.3 is 0 Å². The van der Waals surface area contributed by atoms with Crippen molar-refractivity contribution in [2.24, 2.45) is 0 Å². The summed E-state index contributed by atoms with van der Waals surface area (Å²) in [6, 6.07) is 21.5. The minimum Gasteiger partial charge on any atom is -0.496 e. The van der Waals surface area contributed by atoms with Gasteiger partial charge in [0.15, 0.2) is 6.29 Å². The largest absolute Gasteiger partial charge is 0.496 e. The number of aldehydes is 1. The van der Waals surface area contributed by atoms with Crippen LogP contribution < -0.4 is 4.74 Å². The van der Waals surface area contributed by atoms with Crippen LogP contribution in [-0.4, -0.2) is 18.4 Å². The minimum atomic E-state index is 0.585. The Morgan fingerprint density at radius 3 is 2.50 bits per heavy atom. The van der Waals surface area contributed by atoms with E-state index in [1.165, 1.54) is 0 Å². The quantitative estimate of drug-likeness (QED) is 0.454. The first kappa shape index (κ1) is 16.4. The molecule has 0 radical (unpaired) electrons. The predicted molar refractivity (Wildman–Crippen MR) is 106 cm³/mol. The van der Waals surface area contributed by atoms with Gasteiger partial charge in [0.05, 0.1) is 12.8 Å². The normalized spacial score (nSPS) is 10.8. The number of fused-ring (bicyclic) bond motifs is 1.